The fourth-order valence-electron chi connectivity index (χ4n) is 0.890. The molecule has 1 aromatic rings. The number of nitrogens with zero attached hydrogens (tertiary/aromatic N) is 1. The van der Waals surface area contributed by atoms with E-state index in [4.69, 9.17) is 0 Å². The SMILES string of the molecule is CC(C(=O)Nc1ncccc1Br)S(C)(=O)=O. The number of halogens is 1. The Hall–Kier alpha value is -0.950. The highest BCUT2D eigenvalue weighted by Crippen LogP contribution is 2.18. The van der Waals surface area contributed by atoms with Crippen LogP contribution in [0, 0.1) is 0 Å². The van der Waals surface area contributed by atoms with Crippen molar-refractivity contribution in [2.24, 2.45) is 0 Å². The van der Waals surface area contributed by atoms with E-state index in [1.165, 1.54) is 13.1 Å². The van der Waals surface area contributed by atoms with Crippen molar-refractivity contribution in [3.05, 3.63) is 22.8 Å². The van der Waals surface area contributed by atoms with Gasteiger partial charge in [0.15, 0.2) is 9.84 Å². The standard InChI is InChI=1S/C9H11BrN2O3S/c1-6(16(2,14)15)9(13)12-8-7(10)4-3-5-11-8/h3-6H,1-2H3,(H,11,12,13). The van der Waals surface area contributed by atoms with Crippen LogP contribution in [0.2, 0.25) is 0 Å². The zero-order chi connectivity index (χ0) is 12.3. The number of amides is 1. The molecule has 0 radical (unpaired) electrons. The zero-order valence-electron chi connectivity index (χ0n) is 8.77. The molecule has 1 aromatic heterocycles. The molecule has 7 heteroatoms. The molecular formula is C9H11BrN2O3S. The molecule has 88 valence electrons. The van der Waals surface area contributed by atoms with Crippen molar-refractivity contribution in [2.75, 3.05) is 11.6 Å². The van der Waals surface area contributed by atoms with Crippen LogP contribution in [-0.4, -0.2) is 30.8 Å². The number of carbonyl (C=O) groups excluding carboxylic acids is 1. The Kier molecular flexibility index (Phi) is 4.03. The summed E-state index contributed by atoms with van der Waals surface area (Å²) in [6.07, 6.45) is 2.52. The first-order valence-corrected chi connectivity index (χ1v) is 7.17. The topological polar surface area (TPSA) is 76.1 Å². The summed E-state index contributed by atoms with van der Waals surface area (Å²) in [7, 11) is -3.39. The minimum absolute atomic E-state index is 0.308. The van der Waals surface area contributed by atoms with Gasteiger partial charge in [-0.3, -0.25) is 4.79 Å². The first kappa shape index (κ1) is 13.1. The molecule has 0 aliphatic carbocycles. The Labute approximate surface area is 102 Å². The van der Waals surface area contributed by atoms with E-state index in [0.29, 0.717) is 10.3 Å². The third-order valence-corrected chi connectivity index (χ3v) is 4.15. The number of hydrogen-bond acceptors (Lipinski definition) is 4. The quantitative estimate of drug-likeness (QED) is 0.911. The van der Waals surface area contributed by atoms with Gasteiger partial charge in [-0.15, -0.1) is 0 Å². The Morgan fingerprint density at radius 3 is 2.69 bits per heavy atom. The predicted molar refractivity (Wildman–Crippen MR) is 64.9 cm³/mol. The van der Waals surface area contributed by atoms with E-state index in [1.54, 1.807) is 12.1 Å². The van der Waals surface area contributed by atoms with Gasteiger partial charge in [-0.2, -0.15) is 0 Å². The van der Waals surface area contributed by atoms with Crippen molar-refractivity contribution in [2.45, 2.75) is 12.2 Å². The van der Waals surface area contributed by atoms with E-state index in [1.807, 2.05) is 0 Å². The van der Waals surface area contributed by atoms with Gasteiger partial charge in [-0.1, -0.05) is 0 Å². The second-order valence-corrected chi connectivity index (χ2v) is 6.52. The lowest BCUT2D eigenvalue weighted by Gasteiger charge is -2.10. The van der Waals surface area contributed by atoms with Crippen LogP contribution in [0.15, 0.2) is 22.8 Å². The summed E-state index contributed by atoms with van der Waals surface area (Å²) in [4.78, 5) is 15.5. The highest BCUT2D eigenvalue weighted by molar-refractivity contribution is 9.10. The number of aromatic nitrogens is 1. The highest BCUT2D eigenvalue weighted by atomic mass is 79.9. The third-order valence-electron chi connectivity index (χ3n) is 2.01. The van der Waals surface area contributed by atoms with Crippen LogP contribution in [0.1, 0.15) is 6.92 Å². The monoisotopic (exact) mass is 306 g/mol. The van der Waals surface area contributed by atoms with E-state index >= 15 is 0 Å². The van der Waals surface area contributed by atoms with Gasteiger partial charge in [0.2, 0.25) is 5.91 Å². The molecule has 0 saturated carbocycles. The zero-order valence-corrected chi connectivity index (χ0v) is 11.2. The third kappa shape index (κ3) is 3.28. The Balaban J connectivity index is 2.84. The highest BCUT2D eigenvalue weighted by Gasteiger charge is 2.24. The van der Waals surface area contributed by atoms with Crippen molar-refractivity contribution in [3.8, 4) is 0 Å². The molecule has 1 heterocycles. The van der Waals surface area contributed by atoms with Crippen LogP contribution < -0.4 is 5.32 Å². The second kappa shape index (κ2) is 4.92. The lowest BCUT2D eigenvalue weighted by atomic mass is 10.4. The van der Waals surface area contributed by atoms with E-state index in [-0.39, 0.29) is 0 Å². The van der Waals surface area contributed by atoms with Gasteiger partial charge in [0.25, 0.3) is 0 Å². The van der Waals surface area contributed by atoms with E-state index in [2.05, 4.69) is 26.2 Å². The van der Waals surface area contributed by atoms with Crippen LogP contribution in [0.25, 0.3) is 0 Å². The molecule has 0 bridgehead atoms. The van der Waals surface area contributed by atoms with Gasteiger partial charge in [0.05, 0.1) is 4.47 Å². The lowest BCUT2D eigenvalue weighted by Crippen LogP contribution is -2.32. The van der Waals surface area contributed by atoms with E-state index in [9.17, 15) is 13.2 Å². The molecule has 1 rings (SSSR count). The lowest BCUT2D eigenvalue weighted by molar-refractivity contribution is -0.115. The molecule has 0 spiro atoms. The van der Waals surface area contributed by atoms with Crippen LogP contribution in [0.4, 0.5) is 5.82 Å². The molecule has 1 unspecified atom stereocenters. The molecule has 1 amide bonds. The van der Waals surface area contributed by atoms with Crippen molar-refractivity contribution >= 4 is 37.5 Å². The summed E-state index contributed by atoms with van der Waals surface area (Å²) in [5.74, 6) is -0.287. The fraction of sp³-hybridized carbons (Fsp3) is 0.333. The summed E-state index contributed by atoms with van der Waals surface area (Å²) in [6.45, 7) is 1.33. The van der Waals surface area contributed by atoms with Crippen LogP contribution in [0.3, 0.4) is 0 Å². The smallest absolute Gasteiger partial charge is 0.243 e. The number of sulfone groups is 1. The van der Waals surface area contributed by atoms with Crippen molar-refractivity contribution in [1.82, 2.24) is 4.98 Å². The fourth-order valence-corrected chi connectivity index (χ4v) is 1.69. The van der Waals surface area contributed by atoms with Gasteiger partial charge in [0, 0.05) is 12.5 Å². The van der Waals surface area contributed by atoms with Crippen molar-refractivity contribution in [1.29, 1.82) is 0 Å². The number of rotatable bonds is 3. The van der Waals surface area contributed by atoms with Crippen molar-refractivity contribution in [3.63, 3.8) is 0 Å². The molecule has 0 aromatic carbocycles. The summed E-state index contributed by atoms with van der Waals surface area (Å²) in [6, 6.07) is 3.40. The summed E-state index contributed by atoms with van der Waals surface area (Å²) in [5.41, 5.74) is 0. The maximum atomic E-state index is 11.6. The molecule has 0 fully saturated rings. The van der Waals surface area contributed by atoms with Crippen LogP contribution in [0.5, 0.6) is 0 Å². The molecule has 0 aliphatic rings. The Morgan fingerprint density at radius 2 is 2.19 bits per heavy atom. The second-order valence-electron chi connectivity index (χ2n) is 3.29. The molecule has 1 atom stereocenters. The van der Waals surface area contributed by atoms with Gasteiger partial charge >= 0.3 is 0 Å². The summed E-state index contributed by atoms with van der Waals surface area (Å²) >= 11 is 3.20. The predicted octanol–water partition coefficient (Wildman–Crippen LogP) is 1.22. The van der Waals surface area contributed by atoms with Gasteiger partial charge in [-0.25, -0.2) is 13.4 Å². The van der Waals surface area contributed by atoms with Crippen LogP contribution >= 0.6 is 15.9 Å². The molecule has 5 nitrogen and oxygen atoms in total. The maximum Gasteiger partial charge on any atom is 0.243 e. The first-order valence-electron chi connectivity index (χ1n) is 4.42. The Morgan fingerprint density at radius 1 is 1.56 bits per heavy atom. The van der Waals surface area contributed by atoms with Crippen molar-refractivity contribution < 1.29 is 13.2 Å². The first-order chi connectivity index (χ1) is 7.32. The average Bonchev–Trinajstić information content (AvgIpc) is 2.19. The minimum atomic E-state index is -3.39. The molecular weight excluding hydrogens is 296 g/mol. The number of hydrogen-bond donors (Lipinski definition) is 1. The Bertz CT molecular complexity index is 501. The normalized spacial score (nSPS) is 13.2. The minimum Gasteiger partial charge on any atom is -0.309 e. The molecule has 0 saturated heterocycles. The molecule has 1 N–H and O–H groups in total. The number of pyridine rings is 1. The molecule has 16 heavy (non-hydrogen) atoms. The number of nitrogens with one attached hydrogen (secondary N) is 1. The summed E-state index contributed by atoms with van der Waals surface area (Å²) in [5, 5.41) is 1.34. The maximum absolute atomic E-state index is 11.6. The van der Waals surface area contributed by atoms with Gasteiger partial charge < -0.3 is 5.32 Å². The summed E-state index contributed by atoms with van der Waals surface area (Å²) < 4.78 is 22.9. The van der Waals surface area contributed by atoms with Gasteiger partial charge in [0.1, 0.15) is 11.1 Å². The van der Waals surface area contributed by atoms with E-state index in [0.717, 1.165) is 6.26 Å². The average molecular weight is 307 g/mol. The van der Waals surface area contributed by atoms with Crippen LogP contribution in [-0.2, 0) is 14.6 Å². The van der Waals surface area contributed by atoms with Gasteiger partial charge in [-0.05, 0) is 35.0 Å². The van der Waals surface area contributed by atoms with E-state index < -0.39 is 21.0 Å². The number of anilines is 1. The number of carbonyl (C=O) groups is 1. The molecule has 0 aliphatic heterocycles. The largest absolute Gasteiger partial charge is 0.309 e.